The maximum Gasteiger partial charge on any atom is 0.312 e. The molecule has 14 nitrogen and oxygen atoms in total. The highest BCUT2D eigenvalue weighted by Gasteiger charge is 2.30. The maximum atomic E-state index is 12.3. The molecule has 0 aliphatic carbocycles. The molecule has 202 valence electrons. The molecule has 2 aromatic rings. The van der Waals surface area contributed by atoms with Crippen LogP contribution in [-0.2, 0) is 20.0 Å². The molecule has 0 unspecified atom stereocenters. The summed E-state index contributed by atoms with van der Waals surface area (Å²) in [7, 11) is -6.04. The number of rotatable bonds is 7. The Morgan fingerprint density at radius 2 is 1.16 bits per heavy atom. The van der Waals surface area contributed by atoms with E-state index in [1.807, 2.05) is 0 Å². The van der Waals surface area contributed by atoms with Crippen molar-refractivity contribution in [2.24, 2.45) is 0 Å². The zero-order valence-electron chi connectivity index (χ0n) is 19.8. The second-order valence-corrected chi connectivity index (χ2v) is 12.1. The van der Waals surface area contributed by atoms with Crippen LogP contribution in [0.3, 0.4) is 0 Å². The second kappa shape index (κ2) is 11.4. The fourth-order valence-electron chi connectivity index (χ4n) is 3.94. The molecule has 2 aromatic carbocycles. The number of nitro benzene ring substituents is 2. The molecule has 2 saturated heterocycles. The van der Waals surface area contributed by atoms with Crippen LogP contribution in [0.25, 0.3) is 0 Å². The molecule has 37 heavy (non-hydrogen) atoms. The van der Waals surface area contributed by atoms with Gasteiger partial charge in [-0.25, -0.2) is 16.8 Å². The molecule has 4 rings (SSSR count). The van der Waals surface area contributed by atoms with E-state index < -0.39 is 41.3 Å². The van der Waals surface area contributed by atoms with Gasteiger partial charge in [0.15, 0.2) is 11.5 Å². The molecule has 2 heterocycles. The molecule has 0 atom stereocenters. The summed E-state index contributed by atoms with van der Waals surface area (Å²) in [5, 5.41) is 30.8. The van der Waals surface area contributed by atoms with Crippen LogP contribution in [0.4, 0.5) is 11.4 Å². The quantitative estimate of drug-likeness (QED) is 0.390. The first-order chi connectivity index (χ1) is 17.4. The summed E-state index contributed by atoms with van der Waals surface area (Å²) in [6.07, 6.45) is 3.22. The third-order valence-electron chi connectivity index (χ3n) is 5.90. The first-order valence-electron chi connectivity index (χ1n) is 11.2. The summed E-state index contributed by atoms with van der Waals surface area (Å²) in [6, 6.07) is 6.78. The standard InChI is InChI=1S/C11H14N2O5S.C10H12N2O5S/c1-18-11-5-4-9(8-10(11)13(14)15)19(16,17)12-6-2-3-7-12;13-10-4-3-8(7-9(10)12(14)15)18(16,17)11-5-1-2-6-11/h4-5,8H,2-3,6-7H2,1H3;3-4,7,13H,1-2,5-6H2. The summed E-state index contributed by atoms with van der Waals surface area (Å²) in [4.78, 5) is 19.9. The lowest BCUT2D eigenvalue weighted by Crippen LogP contribution is -2.27. The zero-order chi connectivity index (χ0) is 27.4. The minimum atomic E-state index is -3.69. The Kier molecular flexibility index (Phi) is 8.68. The SMILES string of the molecule is COc1ccc(S(=O)(=O)N2CCCC2)cc1[N+](=O)[O-].O=[N+]([O-])c1cc(S(=O)(=O)N2CCCC2)ccc1O. The molecular weight excluding hydrogens is 532 g/mol. The van der Waals surface area contributed by atoms with Crippen LogP contribution in [-0.4, -0.2) is 73.7 Å². The molecule has 0 amide bonds. The molecule has 2 fully saturated rings. The first-order valence-corrected chi connectivity index (χ1v) is 14.1. The van der Waals surface area contributed by atoms with Crippen molar-refractivity contribution >= 4 is 31.4 Å². The highest BCUT2D eigenvalue weighted by molar-refractivity contribution is 7.89. The number of aromatic hydroxyl groups is 1. The third kappa shape index (κ3) is 6.15. The monoisotopic (exact) mass is 558 g/mol. The molecule has 0 spiro atoms. The van der Waals surface area contributed by atoms with E-state index in [1.165, 1.54) is 33.9 Å². The van der Waals surface area contributed by atoms with E-state index in [4.69, 9.17) is 4.74 Å². The van der Waals surface area contributed by atoms with Gasteiger partial charge in [-0.15, -0.1) is 0 Å². The van der Waals surface area contributed by atoms with E-state index >= 15 is 0 Å². The van der Waals surface area contributed by atoms with Crippen molar-refractivity contribution in [3.63, 3.8) is 0 Å². The van der Waals surface area contributed by atoms with E-state index in [0.717, 1.165) is 43.9 Å². The van der Waals surface area contributed by atoms with Crippen molar-refractivity contribution < 1.29 is 36.5 Å². The number of nitro groups is 2. The number of ether oxygens (including phenoxy) is 1. The van der Waals surface area contributed by atoms with Crippen molar-refractivity contribution in [2.75, 3.05) is 33.3 Å². The van der Waals surface area contributed by atoms with Crippen molar-refractivity contribution in [3.8, 4) is 11.5 Å². The van der Waals surface area contributed by atoms with Crippen LogP contribution in [0.1, 0.15) is 25.7 Å². The fourth-order valence-corrected chi connectivity index (χ4v) is 7.01. The van der Waals surface area contributed by atoms with E-state index in [1.54, 1.807) is 0 Å². The van der Waals surface area contributed by atoms with Gasteiger partial charge in [0.1, 0.15) is 0 Å². The third-order valence-corrected chi connectivity index (χ3v) is 9.69. The number of nitrogens with zero attached hydrogens (tertiary/aromatic N) is 4. The molecule has 0 radical (unpaired) electrons. The second-order valence-electron chi connectivity index (χ2n) is 8.22. The lowest BCUT2D eigenvalue weighted by molar-refractivity contribution is -0.386. The summed E-state index contributed by atoms with van der Waals surface area (Å²) in [5.74, 6) is -0.495. The Morgan fingerprint density at radius 3 is 1.57 bits per heavy atom. The molecule has 1 N–H and O–H groups in total. The van der Waals surface area contributed by atoms with Crippen LogP contribution in [0.5, 0.6) is 11.5 Å². The Morgan fingerprint density at radius 1 is 0.757 bits per heavy atom. The smallest absolute Gasteiger partial charge is 0.312 e. The molecule has 0 bridgehead atoms. The van der Waals surface area contributed by atoms with Crippen LogP contribution in [0.15, 0.2) is 46.2 Å². The fraction of sp³-hybridized carbons (Fsp3) is 0.429. The molecule has 2 aliphatic heterocycles. The van der Waals surface area contributed by atoms with Gasteiger partial charge in [-0.2, -0.15) is 8.61 Å². The summed E-state index contributed by atoms with van der Waals surface area (Å²) in [5.41, 5.74) is -0.946. The number of sulfonamides is 2. The van der Waals surface area contributed by atoms with Crippen molar-refractivity contribution in [3.05, 3.63) is 56.6 Å². The average molecular weight is 559 g/mol. The largest absolute Gasteiger partial charge is 0.502 e. The number of methoxy groups -OCH3 is 1. The number of phenols is 1. The van der Waals surface area contributed by atoms with Gasteiger partial charge in [0.2, 0.25) is 20.0 Å². The topological polar surface area (TPSA) is 190 Å². The van der Waals surface area contributed by atoms with Gasteiger partial charge < -0.3 is 9.84 Å². The first kappa shape index (κ1) is 28.2. The predicted octanol–water partition coefficient (Wildman–Crippen LogP) is 2.47. The van der Waals surface area contributed by atoms with E-state index in [0.29, 0.717) is 26.2 Å². The van der Waals surface area contributed by atoms with Gasteiger partial charge in [-0.3, -0.25) is 20.2 Å². The lowest BCUT2D eigenvalue weighted by atomic mass is 10.3. The lowest BCUT2D eigenvalue weighted by Gasteiger charge is -2.15. The molecule has 0 aromatic heterocycles. The van der Waals surface area contributed by atoms with Crippen LogP contribution in [0.2, 0.25) is 0 Å². The normalized spacial score (nSPS) is 16.7. The Hall–Kier alpha value is -3.34. The van der Waals surface area contributed by atoms with Crippen molar-refractivity contribution in [1.82, 2.24) is 8.61 Å². The molecule has 0 saturated carbocycles. The summed E-state index contributed by atoms with van der Waals surface area (Å²) >= 11 is 0. The van der Waals surface area contributed by atoms with Crippen LogP contribution in [0, 0.1) is 20.2 Å². The minimum Gasteiger partial charge on any atom is -0.502 e. The summed E-state index contributed by atoms with van der Waals surface area (Å²) in [6.45, 7) is 1.78. The average Bonchev–Trinajstić information content (AvgIpc) is 3.59. The molecular formula is C21H26N4O10S2. The number of hydrogen-bond acceptors (Lipinski definition) is 10. The van der Waals surface area contributed by atoms with E-state index in [9.17, 15) is 42.2 Å². The Bertz CT molecular complexity index is 1380. The highest BCUT2D eigenvalue weighted by Crippen LogP contribution is 2.32. The van der Waals surface area contributed by atoms with E-state index in [2.05, 4.69) is 0 Å². The van der Waals surface area contributed by atoms with Crippen molar-refractivity contribution in [1.29, 1.82) is 0 Å². The highest BCUT2D eigenvalue weighted by atomic mass is 32.2. The summed E-state index contributed by atoms with van der Waals surface area (Å²) < 4.78 is 56.3. The number of hydrogen-bond donors (Lipinski definition) is 1. The number of phenolic OH excluding ortho intramolecular Hbond substituents is 1. The van der Waals surface area contributed by atoms with Crippen LogP contribution >= 0.6 is 0 Å². The Balaban J connectivity index is 0.000000206. The van der Waals surface area contributed by atoms with Crippen molar-refractivity contribution in [2.45, 2.75) is 35.5 Å². The van der Waals surface area contributed by atoms with Gasteiger partial charge >= 0.3 is 11.4 Å². The van der Waals surface area contributed by atoms with E-state index in [-0.39, 0.29) is 21.2 Å². The van der Waals surface area contributed by atoms with Crippen LogP contribution < -0.4 is 4.74 Å². The number of benzene rings is 2. The zero-order valence-corrected chi connectivity index (χ0v) is 21.5. The van der Waals surface area contributed by atoms with Gasteiger partial charge in [0.05, 0.1) is 26.7 Å². The molecule has 16 heteroatoms. The van der Waals surface area contributed by atoms with Gasteiger partial charge in [0, 0.05) is 38.3 Å². The van der Waals surface area contributed by atoms with Gasteiger partial charge in [-0.1, -0.05) is 0 Å². The minimum absolute atomic E-state index is 0.0466. The van der Waals surface area contributed by atoms with Gasteiger partial charge in [0.25, 0.3) is 0 Å². The molecule has 2 aliphatic rings. The maximum absolute atomic E-state index is 12.3. The predicted molar refractivity (Wildman–Crippen MR) is 130 cm³/mol. The Labute approximate surface area is 213 Å². The van der Waals surface area contributed by atoms with Gasteiger partial charge in [-0.05, 0) is 49.9 Å².